The van der Waals surface area contributed by atoms with Crippen LogP contribution >= 0.6 is 0 Å². The number of phenolic OH excluding ortho intramolecular Hbond substituents is 5. The van der Waals surface area contributed by atoms with E-state index in [-0.39, 0.29) is 57.8 Å². The van der Waals surface area contributed by atoms with E-state index in [1.807, 2.05) is 0 Å². The fourth-order valence-electron chi connectivity index (χ4n) is 5.49. The first-order chi connectivity index (χ1) is 18.7. The number of aliphatic hydroxyl groups is 2. The standard InChI is InChI=1S/C30H26O9/c31-16-5-1-14(2-6-16)29-22(35)12-20-24(38-29)13-21(34)26(27(20)36)25-19-10-9-18(33)11-23(19)39-30(28(25)37)15-3-7-17(32)8-4-15/h1-11,13,22,25,28-37H,12H2/t22-,25-,28-,29+,30+/m0/s1. The van der Waals surface area contributed by atoms with Gasteiger partial charge in [0.2, 0.25) is 0 Å². The zero-order chi connectivity index (χ0) is 27.4. The lowest BCUT2D eigenvalue weighted by atomic mass is 9.78. The first-order valence-corrected chi connectivity index (χ1v) is 12.4. The normalized spacial score (nSPS) is 23.7. The Morgan fingerprint density at radius 3 is 1.82 bits per heavy atom. The summed E-state index contributed by atoms with van der Waals surface area (Å²) in [6.45, 7) is 0. The zero-order valence-electron chi connectivity index (χ0n) is 20.5. The van der Waals surface area contributed by atoms with Gasteiger partial charge in [0.15, 0.2) is 6.10 Å². The summed E-state index contributed by atoms with van der Waals surface area (Å²) in [7, 11) is 0. The molecule has 0 saturated heterocycles. The van der Waals surface area contributed by atoms with E-state index >= 15 is 0 Å². The van der Waals surface area contributed by atoms with Crippen molar-refractivity contribution in [3.05, 3.63) is 101 Å². The Labute approximate surface area is 223 Å². The molecule has 4 aromatic carbocycles. The van der Waals surface area contributed by atoms with Crippen molar-refractivity contribution >= 4 is 0 Å². The zero-order valence-corrected chi connectivity index (χ0v) is 20.5. The van der Waals surface area contributed by atoms with Gasteiger partial charge in [0.05, 0.1) is 6.10 Å². The third-order valence-corrected chi connectivity index (χ3v) is 7.39. The lowest BCUT2D eigenvalue weighted by Crippen LogP contribution is -2.35. The van der Waals surface area contributed by atoms with E-state index in [2.05, 4.69) is 0 Å². The molecule has 2 aliphatic rings. The first-order valence-electron chi connectivity index (χ1n) is 12.4. The molecular formula is C30H26O9. The van der Waals surface area contributed by atoms with Gasteiger partial charge in [-0.3, -0.25) is 0 Å². The second-order valence-corrected chi connectivity index (χ2v) is 9.86. The van der Waals surface area contributed by atoms with Crippen LogP contribution in [0.4, 0.5) is 0 Å². The minimum Gasteiger partial charge on any atom is -0.508 e. The van der Waals surface area contributed by atoms with E-state index in [0.29, 0.717) is 16.7 Å². The summed E-state index contributed by atoms with van der Waals surface area (Å²) in [6.07, 6.45) is -4.08. The number of hydrogen-bond donors (Lipinski definition) is 7. The van der Waals surface area contributed by atoms with E-state index in [1.54, 1.807) is 30.3 Å². The molecule has 9 heteroatoms. The summed E-state index contributed by atoms with van der Waals surface area (Å²) in [5, 5.41) is 74.5. The topological polar surface area (TPSA) is 160 Å². The molecular weight excluding hydrogens is 504 g/mol. The molecule has 0 unspecified atom stereocenters. The number of fused-ring (bicyclic) bond motifs is 2. The Balaban J connectivity index is 1.44. The average Bonchev–Trinajstić information content (AvgIpc) is 2.91. The van der Waals surface area contributed by atoms with Crippen LogP contribution in [0.15, 0.2) is 72.8 Å². The van der Waals surface area contributed by atoms with Crippen molar-refractivity contribution < 1.29 is 45.2 Å². The molecule has 0 saturated carbocycles. The summed E-state index contributed by atoms with van der Waals surface area (Å²) >= 11 is 0. The maximum atomic E-state index is 11.6. The van der Waals surface area contributed by atoms with Crippen LogP contribution in [0.2, 0.25) is 0 Å². The van der Waals surface area contributed by atoms with Gasteiger partial charge in [-0.15, -0.1) is 0 Å². The van der Waals surface area contributed by atoms with Crippen molar-refractivity contribution in [2.45, 2.75) is 36.8 Å². The Morgan fingerprint density at radius 1 is 0.615 bits per heavy atom. The minimum atomic E-state index is -1.29. The van der Waals surface area contributed by atoms with Gasteiger partial charge >= 0.3 is 0 Å². The number of benzene rings is 4. The molecule has 0 aromatic heterocycles. The molecule has 0 spiro atoms. The summed E-state index contributed by atoms with van der Waals surface area (Å²) < 4.78 is 12.0. The SMILES string of the molecule is Oc1ccc([C@H]2Oc3cc(O)ccc3[C@@H](c3c(O)cc4c(c3O)C[C@H](O)[C@@H](c3ccc(O)cc3)O4)[C@@H]2O)cc1. The van der Waals surface area contributed by atoms with Crippen molar-refractivity contribution in [3.63, 3.8) is 0 Å². The number of phenols is 5. The van der Waals surface area contributed by atoms with Crippen LogP contribution in [0, 0.1) is 0 Å². The highest BCUT2D eigenvalue weighted by atomic mass is 16.5. The van der Waals surface area contributed by atoms with E-state index < -0.39 is 30.3 Å². The quantitative estimate of drug-likeness (QED) is 0.209. The second kappa shape index (κ2) is 9.30. The van der Waals surface area contributed by atoms with Gasteiger partial charge in [0.1, 0.15) is 52.5 Å². The van der Waals surface area contributed by atoms with E-state index in [0.717, 1.165) is 0 Å². The second-order valence-electron chi connectivity index (χ2n) is 9.86. The van der Waals surface area contributed by atoms with Crippen LogP contribution in [-0.4, -0.2) is 48.0 Å². The summed E-state index contributed by atoms with van der Waals surface area (Å²) in [6, 6.07) is 18.0. The van der Waals surface area contributed by atoms with Crippen molar-refractivity contribution in [2.75, 3.05) is 0 Å². The first kappa shape index (κ1) is 24.7. The monoisotopic (exact) mass is 530 g/mol. The maximum Gasteiger partial charge on any atom is 0.150 e. The molecule has 200 valence electrons. The summed E-state index contributed by atoms with van der Waals surface area (Å²) in [5.74, 6) is -1.17. The van der Waals surface area contributed by atoms with Crippen molar-refractivity contribution in [2.24, 2.45) is 0 Å². The van der Waals surface area contributed by atoms with Gasteiger partial charge in [-0.05, 0) is 41.5 Å². The van der Waals surface area contributed by atoms with Crippen LogP contribution < -0.4 is 9.47 Å². The van der Waals surface area contributed by atoms with Crippen LogP contribution in [0.25, 0.3) is 0 Å². The Morgan fingerprint density at radius 2 is 1.18 bits per heavy atom. The Kier molecular flexibility index (Phi) is 5.90. The van der Waals surface area contributed by atoms with Gasteiger partial charge in [0.25, 0.3) is 0 Å². The molecule has 39 heavy (non-hydrogen) atoms. The smallest absolute Gasteiger partial charge is 0.150 e. The number of aromatic hydroxyl groups is 5. The molecule has 0 amide bonds. The highest BCUT2D eigenvalue weighted by Gasteiger charge is 2.43. The fourth-order valence-corrected chi connectivity index (χ4v) is 5.49. The van der Waals surface area contributed by atoms with Crippen molar-refractivity contribution in [1.29, 1.82) is 0 Å². The lowest BCUT2D eigenvalue weighted by molar-refractivity contribution is 0.00668. The van der Waals surface area contributed by atoms with E-state index in [1.165, 1.54) is 42.5 Å². The fraction of sp³-hybridized carbons (Fsp3) is 0.200. The van der Waals surface area contributed by atoms with Crippen LogP contribution in [-0.2, 0) is 6.42 Å². The van der Waals surface area contributed by atoms with Gasteiger partial charge in [-0.2, -0.15) is 0 Å². The molecule has 9 nitrogen and oxygen atoms in total. The van der Waals surface area contributed by atoms with Crippen molar-refractivity contribution in [1.82, 2.24) is 0 Å². The third kappa shape index (κ3) is 4.21. The average molecular weight is 531 g/mol. The number of aliphatic hydroxyl groups excluding tert-OH is 2. The van der Waals surface area contributed by atoms with Crippen LogP contribution in [0.5, 0.6) is 40.2 Å². The highest BCUT2D eigenvalue weighted by Crippen LogP contribution is 2.54. The maximum absolute atomic E-state index is 11.6. The molecule has 5 atom stereocenters. The van der Waals surface area contributed by atoms with Crippen LogP contribution in [0.1, 0.15) is 45.9 Å². The molecule has 6 rings (SSSR count). The Bertz CT molecular complexity index is 1530. The van der Waals surface area contributed by atoms with Crippen LogP contribution in [0.3, 0.4) is 0 Å². The van der Waals surface area contributed by atoms with Gasteiger partial charge < -0.3 is 45.2 Å². The Hall–Kier alpha value is -4.60. The molecule has 2 aliphatic heterocycles. The number of ether oxygens (including phenoxy) is 2. The minimum absolute atomic E-state index is 0.00311. The lowest BCUT2D eigenvalue weighted by Gasteiger charge is -2.39. The van der Waals surface area contributed by atoms with Gasteiger partial charge in [-0.25, -0.2) is 0 Å². The van der Waals surface area contributed by atoms with Gasteiger partial charge in [0, 0.05) is 41.2 Å². The summed E-state index contributed by atoms with van der Waals surface area (Å²) in [4.78, 5) is 0. The number of hydrogen-bond acceptors (Lipinski definition) is 9. The van der Waals surface area contributed by atoms with Crippen molar-refractivity contribution in [3.8, 4) is 40.2 Å². The largest absolute Gasteiger partial charge is 0.508 e. The molecule has 2 heterocycles. The van der Waals surface area contributed by atoms with E-state index in [9.17, 15) is 35.7 Å². The predicted molar refractivity (Wildman–Crippen MR) is 138 cm³/mol. The molecule has 0 bridgehead atoms. The van der Waals surface area contributed by atoms with E-state index in [4.69, 9.17) is 9.47 Å². The molecule has 0 fully saturated rings. The highest BCUT2D eigenvalue weighted by molar-refractivity contribution is 5.63. The summed E-state index contributed by atoms with van der Waals surface area (Å²) in [5.41, 5.74) is 1.87. The molecule has 7 N–H and O–H groups in total. The number of rotatable bonds is 3. The molecule has 4 aromatic rings. The predicted octanol–water partition coefficient (Wildman–Crippen LogP) is 3.88. The third-order valence-electron chi connectivity index (χ3n) is 7.39. The molecule has 0 radical (unpaired) electrons. The van der Waals surface area contributed by atoms with Gasteiger partial charge in [-0.1, -0.05) is 30.3 Å². The molecule has 0 aliphatic carbocycles.